The van der Waals surface area contributed by atoms with Crippen molar-refractivity contribution in [2.75, 3.05) is 5.32 Å². The fourth-order valence-electron chi connectivity index (χ4n) is 1.34. The summed E-state index contributed by atoms with van der Waals surface area (Å²) in [4.78, 5) is 12.4. The zero-order valence-electron chi connectivity index (χ0n) is 9.78. The van der Waals surface area contributed by atoms with E-state index in [1.165, 1.54) is 0 Å². The number of nitrogens with one attached hydrogen (secondary N) is 1. The van der Waals surface area contributed by atoms with Crippen molar-refractivity contribution in [3.05, 3.63) is 28.3 Å². The molecule has 7 heteroatoms. The molecule has 2 heterocycles. The average Bonchev–Trinajstić information content (AvgIpc) is 2.67. The number of halogens is 1. The molecule has 2 aromatic rings. The van der Waals surface area contributed by atoms with Gasteiger partial charge in [-0.2, -0.15) is 4.98 Å². The molecule has 90 valence electrons. The molecule has 0 aliphatic heterocycles. The summed E-state index contributed by atoms with van der Waals surface area (Å²) in [5, 5.41) is 7.24. The van der Waals surface area contributed by atoms with Gasteiger partial charge in [0.25, 0.3) is 0 Å². The summed E-state index contributed by atoms with van der Waals surface area (Å²) in [6, 6.07) is 0. The summed E-state index contributed by atoms with van der Waals surface area (Å²) in [5.41, 5.74) is 0.800. The first-order valence-corrected chi connectivity index (χ1v) is 5.48. The van der Waals surface area contributed by atoms with E-state index in [2.05, 4.69) is 25.4 Å². The maximum Gasteiger partial charge on any atom is 0.245 e. The lowest BCUT2D eigenvalue weighted by Gasteiger charge is -2.08. The summed E-state index contributed by atoms with van der Waals surface area (Å²) >= 11 is 5.96. The molecule has 2 rings (SSSR count). The van der Waals surface area contributed by atoms with E-state index in [4.69, 9.17) is 16.1 Å². The highest BCUT2D eigenvalue weighted by atomic mass is 35.5. The molecule has 0 atom stereocenters. The highest BCUT2D eigenvalue weighted by molar-refractivity contribution is 6.30. The minimum Gasteiger partial charge on any atom is -0.361 e. The van der Waals surface area contributed by atoms with Gasteiger partial charge in [0, 0.05) is 5.56 Å². The van der Waals surface area contributed by atoms with Crippen LogP contribution >= 0.6 is 11.6 Å². The molecule has 0 fully saturated rings. The summed E-state index contributed by atoms with van der Waals surface area (Å²) in [7, 11) is 0. The van der Waals surface area contributed by atoms with Crippen LogP contribution in [0.1, 0.15) is 23.1 Å². The van der Waals surface area contributed by atoms with Crippen LogP contribution < -0.4 is 5.32 Å². The van der Waals surface area contributed by atoms with Crippen molar-refractivity contribution in [2.45, 2.75) is 27.3 Å². The Morgan fingerprint density at radius 2 is 1.88 bits per heavy atom. The van der Waals surface area contributed by atoms with Gasteiger partial charge in [-0.1, -0.05) is 16.8 Å². The molecule has 0 radical (unpaired) electrons. The maximum absolute atomic E-state index is 5.96. The fourth-order valence-corrected chi connectivity index (χ4v) is 1.55. The summed E-state index contributed by atoms with van der Waals surface area (Å²) in [6.45, 7) is 5.81. The number of aromatic nitrogens is 4. The standard InChI is InChI=1S/C10H12ClN5O/c1-5-9(11)14-6(2)15-10(5)12-4-8-13-7(3)16-17-8/h4H2,1-3H3,(H,12,14,15). The third kappa shape index (κ3) is 2.71. The van der Waals surface area contributed by atoms with Crippen molar-refractivity contribution in [1.82, 2.24) is 20.1 Å². The second-order valence-electron chi connectivity index (χ2n) is 3.62. The monoisotopic (exact) mass is 253 g/mol. The smallest absolute Gasteiger partial charge is 0.245 e. The molecule has 0 bridgehead atoms. The number of nitrogens with zero attached hydrogens (tertiary/aromatic N) is 4. The van der Waals surface area contributed by atoms with Crippen molar-refractivity contribution in [2.24, 2.45) is 0 Å². The number of anilines is 1. The van der Waals surface area contributed by atoms with Crippen molar-refractivity contribution in [1.29, 1.82) is 0 Å². The molecule has 0 saturated carbocycles. The van der Waals surface area contributed by atoms with Gasteiger partial charge < -0.3 is 9.84 Å². The Bertz CT molecular complexity index is 539. The SMILES string of the molecule is Cc1noc(CNc2nc(C)nc(Cl)c2C)n1. The quantitative estimate of drug-likeness (QED) is 0.844. The predicted octanol–water partition coefficient (Wildman–Crippen LogP) is 2.05. The van der Waals surface area contributed by atoms with Gasteiger partial charge in [-0.05, 0) is 20.8 Å². The van der Waals surface area contributed by atoms with Crippen LogP contribution in [0.15, 0.2) is 4.52 Å². The van der Waals surface area contributed by atoms with Crippen LogP contribution in [0.4, 0.5) is 5.82 Å². The Kier molecular flexibility index (Phi) is 3.23. The van der Waals surface area contributed by atoms with Crippen LogP contribution in [0.25, 0.3) is 0 Å². The third-order valence-electron chi connectivity index (χ3n) is 2.17. The van der Waals surface area contributed by atoms with E-state index in [0.29, 0.717) is 35.1 Å². The molecular weight excluding hydrogens is 242 g/mol. The molecule has 6 nitrogen and oxygen atoms in total. The van der Waals surface area contributed by atoms with E-state index >= 15 is 0 Å². The molecule has 0 unspecified atom stereocenters. The molecule has 0 aliphatic rings. The van der Waals surface area contributed by atoms with Gasteiger partial charge in [0.15, 0.2) is 5.82 Å². The molecule has 1 N–H and O–H groups in total. The predicted molar refractivity (Wildman–Crippen MR) is 62.9 cm³/mol. The van der Waals surface area contributed by atoms with Crippen molar-refractivity contribution in [3.8, 4) is 0 Å². The van der Waals surface area contributed by atoms with Gasteiger partial charge in [-0.3, -0.25) is 0 Å². The van der Waals surface area contributed by atoms with Gasteiger partial charge in [0.05, 0.1) is 6.54 Å². The van der Waals surface area contributed by atoms with Crippen LogP contribution in [0.5, 0.6) is 0 Å². The highest BCUT2D eigenvalue weighted by Gasteiger charge is 2.08. The van der Waals surface area contributed by atoms with Crippen LogP contribution in [-0.4, -0.2) is 20.1 Å². The number of aryl methyl sites for hydroxylation is 2. The Hall–Kier alpha value is -1.69. The Morgan fingerprint density at radius 1 is 1.12 bits per heavy atom. The minimum absolute atomic E-state index is 0.411. The van der Waals surface area contributed by atoms with Gasteiger partial charge in [-0.25, -0.2) is 9.97 Å². The zero-order valence-corrected chi connectivity index (χ0v) is 10.5. The van der Waals surface area contributed by atoms with E-state index in [-0.39, 0.29) is 0 Å². The lowest BCUT2D eigenvalue weighted by molar-refractivity contribution is 0.379. The van der Waals surface area contributed by atoms with Crippen molar-refractivity contribution in [3.63, 3.8) is 0 Å². The highest BCUT2D eigenvalue weighted by Crippen LogP contribution is 2.19. The van der Waals surface area contributed by atoms with Crippen LogP contribution in [0.2, 0.25) is 5.15 Å². The Labute approximate surface area is 103 Å². The number of hydrogen-bond acceptors (Lipinski definition) is 6. The van der Waals surface area contributed by atoms with E-state index in [1.807, 2.05) is 6.92 Å². The summed E-state index contributed by atoms with van der Waals surface area (Å²) in [5.74, 6) is 2.41. The van der Waals surface area contributed by atoms with Crippen molar-refractivity contribution >= 4 is 17.4 Å². The molecule has 0 amide bonds. The summed E-state index contributed by atoms with van der Waals surface area (Å²) in [6.07, 6.45) is 0. The lowest BCUT2D eigenvalue weighted by atomic mass is 10.3. The largest absolute Gasteiger partial charge is 0.361 e. The molecular formula is C10H12ClN5O. The molecule has 2 aromatic heterocycles. The normalized spacial score (nSPS) is 10.6. The van der Waals surface area contributed by atoms with Gasteiger partial charge in [-0.15, -0.1) is 0 Å². The number of hydrogen-bond donors (Lipinski definition) is 1. The lowest BCUT2D eigenvalue weighted by Crippen LogP contribution is -2.06. The Balaban J connectivity index is 2.14. The van der Waals surface area contributed by atoms with Crippen LogP contribution in [0.3, 0.4) is 0 Å². The molecule has 17 heavy (non-hydrogen) atoms. The number of rotatable bonds is 3. The van der Waals surface area contributed by atoms with Crippen molar-refractivity contribution < 1.29 is 4.52 Å². The molecule has 0 aliphatic carbocycles. The molecule has 0 aromatic carbocycles. The van der Waals surface area contributed by atoms with Crippen LogP contribution in [0, 0.1) is 20.8 Å². The topological polar surface area (TPSA) is 76.7 Å². The first-order valence-electron chi connectivity index (χ1n) is 5.10. The Morgan fingerprint density at radius 3 is 2.53 bits per heavy atom. The van der Waals surface area contributed by atoms with E-state index < -0.39 is 0 Å². The first-order chi connectivity index (χ1) is 8.06. The van der Waals surface area contributed by atoms with E-state index in [0.717, 1.165) is 5.56 Å². The second-order valence-corrected chi connectivity index (χ2v) is 3.98. The molecule has 0 spiro atoms. The first kappa shape index (κ1) is 11.8. The summed E-state index contributed by atoms with van der Waals surface area (Å²) < 4.78 is 4.99. The fraction of sp³-hybridized carbons (Fsp3) is 0.400. The van der Waals surface area contributed by atoms with Crippen LogP contribution in [-0.2, 0) is 6.54 Å². The average molecular weight is 254 g/mol. The van der Waals surface area contributed by atoms with E-state index in [9.17, 15) is 0 Å². The van der Waals surface area contributed by atoms with Gasteiger partial charge in [0.2, 0.25) is 5.89 Å². The van der Waals surface area contributed by atoms with Gasteiger partial charge in [0.1, 0.15) is 16.8 Å². The minimum atomic E-state index is 0.411. The third-order valence-corrected chi connectivity index (χ3v) is 2.54. The molecule has 0 saturated heterocycles. The van der Waals surface area contributed by atoms with Gasteiger partial charge >= 0.3 is 0 Å². The zero-order chi connectivity index (χ0) is 12.4. The maximum atomic E-state index is 5.96. The van der Waals surface area contributed by atoms with E-state index in [1.54, 1.807) is 13.8 Å². The second kappa shape index (κ2) is 4.67.